The third-order valence-corrected chi connectivity index (χ3v) is 16.9. The van der Waals surface area contributed by atoms with Crippen LogP contribution < -0.4 is 9.47 Å². The molecule has 4 aromatic carbocycles. The molecule has 0 saturated carbocycles. The largest absolute Gasteiger partial charge is 0.497 e. The Labute approximate surface area is 347 Å². The number of unbranched alkanes of at least 4 members (excludes halogenated alkanes) is 2. The Balaban J connectivity index is 0.000000221. The summed E-state index contributed by atoms with van der Waals surface area (Å²) in [6.45, 7) is 12.2. The van der Waals surface area contributed by atoms with Crippen molar-refractivity contribution in [3.8, 4) is 11.5 Å². The molecule has 2 heterocycles. The van der Waals surface area contributed by atoms with E-state index in [2.05, 4.69) is 26.0 Å². The van der Waals surface area contributed by atoms with Gasteiger partial charge in [0, 0.05) is 22.7 Å². The molecule has 4 aromatic rings. The number of ether oxygens (including phenoxy) is 2. The maximum Gasteiger partial charge on any atom is 0.179 e. The molecule has 0 amide bonds. The molecule has 0 radical (unpaired) electrons. The Morgan fingerprint density at radius 1 is 0.586 bits per heavy atom. The SMILES string of the molecule is CCCC[C@]1(CC)CS(=O)(=O)c2ccc(OC)cc2[C@@H](c2cccc(C)c2)[C@H]1O.CCCC[C@]1(CC)CS(=O)(=O)c2ccc(OC)cc2[C@H](c2cccc(C)c2)[C@@H]1O. The van der Waals surface area contributed by atoms with Crippen molar-refractivity contribution in [3.05, 3.63) is 118 Å². The molecule has 0 aromatic heterocycles. The summed E-state index contributed by atoms with van der Waals surface area (Å²) in [7, 11) is -3.96. The highest BCUT2D eigenvalue weighted by molar-refractivity contribution is 7.91. The number of aliphatic hydroxyl groups excluding tert-OH is 2. The van der Waals surface area contributed by atoms with Gasteiger partial charge in [0.1, 0.15) is 11.5 Å². The van der Waals surface area contributed by atoms with E-state index in [-0.39, 0.29) is 11.5 Å². The molecule has 2 N–H and O–H groups in total. The van der Waals surface area contributed by atoms with Crippen molar-refractivity contribution in [1.29, 1.82) is 0 Å². The first kappa shape index (κ1) is 45.4. The second-order valence-electron chi connectivity index (χ2n) is 16.6. The van der Waals surface area contributed by atoms with Crippen LogP contribution in [0.3, 0.4) is 0 Å². The first-order valence-electron chi connectivity index (χ1n) is 20.9. The number of fused-ring (bicyclic) bond motifs is 2. The number of rotatable bonds is 12. The van der Waals surface area contributed by atoms with Crippen LogP contribution in [0.1, 0.15) is 124 Å². The van der Waals surface area contributed by atoms with Crippen LogP contribution in [0.5, 0.6) is 11.5 Å². The van der Waals surface area contributed by atoms with Gasteiger partial charge in [-0.2, -0.15) is 0 Å². The van der Waals surface area contributed by atoms with E-state index in [1.807, 2.05) is 64.1 Å². The van der Waals surface area contributed by atoms with Crippen LogP contribution in [0.2, 0.25) is 0 Å². The van der Waals surface area contributed by atoms with Crippen LogP contribution in [-0.2, 0) is 19.7 Å². The second kappa shape index (κ2) is 18.7. The number of aliphatic hydroxyl groups is 2. The number of benzene rings is 4. The zero-order valence-corrected chi connectivity index (χ0v) is 37.3. The Hall–Kier alpha value is -3.70. The molecule has 6 rings (SSSR count). The fraction of sp³-hybridized carbons (Fsp3) is 0.500. The third kappa shape index (κ3) is 9.20. The van der Waals surface area contributed by atoms with Crippen LogP contribution in [0.15, 0.2) is 94.7 Å². The second-order valence-corrected chi connectivity index (χ2v) is 20.6. The van der Waals surface area contributed by atoms with E-state index in [1.54, 1.807) is 50.6 Å². The summed E-state index contributed by atoms with van der Waals surface area (Å²) in [5, 5.41) is 23.5. The third-order valence-electron chi connectivity index (χ3n) is 12.9. The van der Waals surface area contributed by atoms with Crippen molar-refractivity contribution < 1.29 is 36.5 Å². The Morgan fingerprint density at radius 3 is 1.28 bits per heavy atom. The Kier molecular flexibility index (Phi) is 14.6. The van der Waals surface area contributed by atoms with Gasteiger partial charge in [0.2, 0.25) is 0 Å². The zero-order valence-electron chi connectivity index (χ0n) is 35.6. The lowest BCUT2D eigenvalue weighted by Crippen LogP contribution is -2.42. The van der Waals surface area contributed by atoms with E-state index in [1.165, 1.54) is 0 Å². The van der Waals surface area contributed by atoms with Gasteiger partial charge in [0.15, 0.2) is 19.7 Å². The minimum Gasteiger partial charge on any atom is -0.497 e. The molecule has 0 unspecified atom stereocenters. The van der Waals surface area contributed by atoms with Gasteiger partial charge in [-0.3, -0.25) is 0 Å². The van der Waals surface area contributed by atoms with Gasteiger partial charge in [0.05, 0.1) is 47.7 Å². The Morgan fingerprint density at radius 2 is 0.966 bits per heavy atom. The lowest BCUT2D eigenvalue weighted by Gasteiger charge is -2.39. The van der Waals surface area contributed by atoms with Crippen molar-refractivity contribution in [2.24, 2.45) is 10.8 Å². The van der Waals surface area contributed by atoms with Crippen molar-refractivity contribution in [2.45, 2.75) is 127 Å². The minimum atomic E-state index is -3.55. The molecule has 0 spiro atoms. The molecule has 0 saturated heterocycles. The molecule has 0 bridgehead atoms. The van der Waals surface area contributed by atoms with Gasteiger partial charge < -0.3 is 19.7 Å². The monoisotopic (exact) mass is 832 g/mol. The molecular formula is C48H64O8S2. The molecule has 6 atom stereocenters. The standard InChI is InChI=1S/2C24H32O4S/c2*1-5-7-13-24(6-2)16-29(26,27)21-12-11-19(28-4)15-20(21)22(23(24)25)18-10-8-9-17(3)14-18/h2*8-12,14-15,22-23,25H,5-7,13,16H2,1-4H3/t22-,23-,24+;22-,23-,24-/m01/s1. The van der Waals surface area contributed by atoms with Crippen molar-refractivity contribution in [2.75, 3.05) is 25.7 Å². The fourth-order valence-electron chi connectivity index (χ4n) is 9.41. The van der Waals surface area contributed by atoms with Gasteiger partial charge in [-0.15, -0.1) is 0 Å². The normalized spacial score (nSPS) is 25.8. The van der Waals surface area contributed by atoms with Crippen LogP contribution >= 0.6 is 0 Å². The highest BCUT2D eigenvalue weighted by Gasteiger charge is 2.50. The molecular weight excluding hydrogens is 769 g/mol. The maximum atomic E-state index is 13.5. The topological polar surface area (TPSA) is 127 Å². The number of sulfone groups is 2. The summed E-state index contributed by atoms with van der Waals surface area (Å²) in [6.07, 6.45) is 4.70. The van der Waals surface area contributed by atoms with E-state index in [0.29, 0.717) is 58.1 Å². The van der Waals surface area contributed by atoms with Gasteiger partial charge in [0.25, 0.3) is 0 Å². The van der Waals surface area contributed by atoms with Crippen LogP contribution in [0.25, 0.3) is 0 Å². The number of hydrogen-bond acceptors (Lipinski definition) is 8. The van der Waals surface area contributed by atoms with Crippen LogP contribution in [-0.4, -0.2) is 65.0 Å². The van der Waals surface area contributed by atoms with Gasteiger partial charge >= 0.3 is 0 Å². The van der Waals surface area contributed by atoms with Gasteiger partial charge in [-0.1, -0.05) is 113 Å². The molecule has 316 valence electrons. The molecule has 58 heavy (non-hydrogen) atoms. The summed E-state index contributed by atoms with van der Waals surface area (Å²) in [5.41, 5.74) is 3.95. The quantitative estimate of drug-likeness (QED) is 0.145. The predicted octanol–water partition coefficient (Wildman–Crippen LogP) is 9.74. The van der Waals surface area contributed by atoms with E-state index in [4.69, 9.17) is 9.47 Å². The zero-order chi connectivity index (χ0) is 42.5. The summed E-state index contributed by atoms with van der Waals surface area (Å²) >= 11 is 0. The predicted molar refractivity (Wildman–Crippen MR) is 233 cm³/mol. The van der Waals surface area contributed by atoms with E-state index in [9.17, 15) is 27.0 Å². The van der Waals surface area contributed by atoms with E-state index in [0.717, 1.165) is 47.9 Å². The van der Waals surface area contributed by atoms with E-state index >= 15 is 0 Å². The number of aryl methyl sites for hydroxylation is 2. The molecule has 10 heteroatoms. The molecule has 2 aliphatic heterocycles. The fourth-order valence-corrected chi connectivity index (χ4v) is 13.9. The van der Waals surface area contributed by atoms with Crippen LogP contribution in [0.4, 0.5) is 0 Å². The molecule has 2 aliphatic rings. The summed E-state index contributed by atoms with van der Waals surface area (Å²) in [5.74, 6) is 0.296. The molecule has 0 fully saturated rings. The van der Waals surface area contributed by atoms with Gasteiger partial charge in [-0.25, -0.2) is 16.8 Å². The average molecular weight is 833 g/mol. The highest BCUT2D eigenvalue weighted by atomic mass is 32.2. The first-order valence-corrected chi connectivity index (χ1v) is 24.2. The van der Waals surface area contributed by atoms with E-state index < -0.39 is 54.5 Å². The molecule has 8 nitrogen and oxygen atoms in total. The lowest BCUT2D eigenvalue weighted by molar-refractivity contribution is 0.0173. The number of hydrogen-bond donors (Lipinski definition) is 2. The molecule has 0 aliphatic carbocycles. The lowest BCUT2D eigenvalue weighted by atomic mass is 9.69. The van der Waals surface area contributed by atoms with Crippen molar-refractivity contribution in [1.82, 2.24) is 0 Å². The highest BCUT2D eigenvalue weighted by Crippen LogP contribution is 2.51. The van der Waals surface area contributed by atoms with Crippen molar-refractivity contribution in [3.63, 3.8) is 0 Å². The average Bonchev–Trinajstić information content (AvgIpc) is 3.33. The summed E-state index contributed by atoms with van der Waals surface area (Å²) in [6, 6.07) is 26.3. The Bertz CT molecular complexity index is 2090. The van der Waals surface area contributed by atoms with Crippen LogP contribution in [0, 0.1) is 24.7 Å². The van der Waals surface area contributed by atoms with Crippen molar-refractivity contribution >= 4 is 19.7 Å². The summed E-state index contributed by atoms with van der Waals surface area (Å²) < 4.78 is 64.7. The summed E-state index contributed by atoms with van der Waals surface area (Å²) in [4.78, 5) is 0.631. The number of methoxy groups -OCH3 is 2. The minimum absolute atomic E-state index is 0.0285. The van der Waals surface area contributed by atoms with Gasteiger partial charge in [-0.05, 0) is 98.2 Å². The smallest absolute Gasteiger partial charge is 0.179 e. The maximum absolute atomic E-state index is 13.5. The first-order chi connectivity index (χ1) is 27.6.